The summed E-state index contributed by atoms with van der Waals surface area (Å²) in [5.41, 5.74) is 1.08. The molecule has 4 nitrogen and oxygen atoms in total. The second-order valence-electron chi connectivity index (χ2n) is 12.2. The standard InChI is InChI=1S/C40H60O4/c1-3-5-7-9-11-13-15-17-19-21-33-43-37-27-23-35(24-28-37)39(41)31-32-40(42)36-25-29-38(30-26-36)44-34-22-20-18-16-14-12-10-8-6-4-2/h23-32H,3-22,33-34H2,1-2H3. The van der Waals surface area contributed by atoms with Gasteiger partial charge in [0.25, 0.3) is 0 Å². The van der Waals surface area contributed by atoms with E-state index in [0.29, 0.717) is 24.3 Å². The van der Waals surface area contributed by atoms with Gasteiger partial charge in [-0.1, -0.05) is 129 Å². The number of allylic oxidation sites excluding steroid dienone is 2. The molecular formula is C40H60O4. The quantitative estimate of drug-likeness (QED) is 0.0551. The number of unbranched alkanes of at least 4 members (excludes halogenated alkanes) is 18. The van der Waals surface area contributed by atoms with Crippen molar-refractivity contribution in [1.29, 1.82) is 0 Å². The highest BCUT2D eigenvalue weighted by Gasteiger charge is 2.06. The maximum atomic E-state index is 12.6. The third kappa shape index (κ3) is 18.0. The van der Waals surface area contributed by atoms with Gasteiger partial charge in [0.05, 0.1) is 13.2 Å². The monoisotopic (exact) mass is 604 g/mol. The fraction of sp³-hybridized carbons (Fsp3) is 0.600. The Labute approximate surface area is 269 Å². The second kappa shape index (κ2) is 25.4. The predicted octanol–water partition coefficient (Wildman–Crippen LogP) is 11.9. The van der Waals surface area contributed by atoms with Crippen LogP contribution in [0.25, 0.3) is 0 Å². The predicted molar refractivity (Wildman–Crippen MR) is 185 cm³/mol. The molecule has 0 heterocycles. The summed E-state index contributed by atoms with van der Waals surface area (Å²) in [5.74, 6) is 1.15. The minimum absolute atomic E-state index is 0.198. The summed E-state index contributed by atoms with van der Waals surface area (Å²) in [6.07, 6.45) is 28.7. The molecule has 0 N–H and O–H groups in total. The first kappa shape index (κ1) is 37.3. The molecule has 0 saturated carbocycles. The Hall–Kier alpha value is -2.88. The van der Waals surface area contributed by atoms with E-state index in [2.05, 4.69) is 13.8 Å². The third-order valence-electron chi connectivity index (χ3n) is 8.20. The van der Waals surface area contributed by atoms with E-state index in [4.69, 9.17) is 9.47 Å². The van der Waals surface area contributed by atoms with Crippen molar-refractivity contribution in [2.45, 2.75) is 142 Å². The Morgan fingerprint density at radius 2 is 0.705 bits per heavy atom. The van der Waals surface area contributed by atoms with Crippen LogP contribution in [0.4, 0.5) is 0 Å². The van der Waals surface area contributed by atoms with Gasteiger partial charge in [0, 0.05) is 11.1 Å². The highest BCUT2D eigenvalue weighted by atomic mass is 16.5. The van der Waals surface area contributed by atoms with E-state index in [9.17, 15) is 9.59 Å². The molecule has 0 radical (unpaired) electrons. The Balaban J connectivity index is 1.57. The molecule has 4 heteroatoms. The maximum absolute atomic E-state index is 12.6. The summed E-state index contributed by atoms with van der Waals surface area (Å²) >= 11 is 0. The Morgan fingerprint density at radius 3 is 1.00 bits per heavy atom. The van der Waals surface area contributed by atoms with Crippen molar-refractivity contribution in [3.63, 3.8) is 0 Å². The van der Waals surface area contributed by atoms with Gasteiger partial charge in [0.15, 0.2) is 11.6 Å². The Morgan fingerprint density at radius 1 is 0.432 bits per heavy atom. The van der Waals surface area contributed by atoms with Gasteiger partial charge in [-0.05, 0) is 73.5 Å². The number of rotatable bonds is 28. The molecule has 2 aromatic rings. The lowest BCUT2D eigenvalue weighted by Gasteiger charge is -2.07. The number of benzene rings is 2. The van der Waals surface area contributed by atoms with E-state index < -0.39 is 0 Å². The lowest BCUT2D eigenvalue weighted by molar-refractivity contribution is 0.102. The molecule has 2 rings (SSSR count). The molecule has 0 bridgehead atoms. The summed E-state index contributed by atoms with van der Waals surface area (Å²) in [5, 5.41) is 0. The second-order valence-corrected chi connectivity index (χ2v) is 12.2. The van der Waals surface area contributed by atoms with Gasteiger partial charge in [-0.15, -0.1) is 0 Å². The molecule has 0 spiro atoms. The lowest BCUT2D eigenvalue weighted by Crippen LogP contribution is -2.01. The van der Waals surface area contributed by atoms with Crippen molar-refractivity contribution < 1.29 is 19.1 Å². The Kier molecular flexibility index (Phi) is 21.6. The van der Waals surface area contributed by atoms with Crippen molar-refractivity contribution in [1.82, 2.24) is 0 Å². The van der Waals surface area contributed by atoms with Crippen LogP contribution in [0.2, 0.25) is 0 Å². The Bertz CT molecular complexity index is 939. The zero-order valence-corrected chi connectivity index (χ0v) is 28.0. The van der Waals surface area contributed by atoms with Crippen molar-refractivity contribution in [3.05, 3.63) is 71.8 Å². The summed E-state index contributed by atoms with van der Waals surface area (Å²) in [6.45, 7) is 5.91. The van der Waals surface area contributed by atoms with Gasteiger partial charge in [-0.3, -0.25) is 9.59 Å². The molecule has 0 saturated heterocycles. The van der Waals surface area contributed by atoms with Gasteiger partial charge >= 0.3 is 0 Å². The number of ketones is 2. The number of ether oxygens (including phenoxy) is 2. The smallest absolute Gasteiger partial charge is 0.185 e. The van der Waals surface area contributed by atoms with Gasteiger partial charge in [0.2, 0.25) is 0 Å². The number of carbonyl (C=O) groups is 2. The van der Waals surface area contributed by atoms with Crippen molar-refractivity contribution in [3.8, 4) is 11.5 Å². The molecule has 0 aliphatic carbocycles. The number of carbonyl (C=O) groups excluding carboxylic acids is 2. The first-order chi connectivity index (χ1) is 21.6. The van der Waals surface area contributed by atoms with E-state index in [0.717, 1.165) is 24.3 Å². The van der Waals surface area contributed by atoms with E-state index in [1.807, 2.05) is 24.3 Å². The van der Waals surface area contributed by atoms with E-state index >= 15 is 0 Å². The van der Waals surface area contributed by atoms with Crippen molar-refractivity contribution in [2.24, 2.45) is 0 Å². The largest absolute Gasteiger partial charge is 0.494 e. The first-order valence-corrected chi connectivity index (χ1v) is 17.9. The van der Waals surface area contributed by atoms with Crippen molar-refractivity contribution >= 4 is 11.6 Å². The normalized spacial score (nSPS) is 11.2. The minimum atomic E-state index is -0.198. The maximum Gasteiger partial charge on any atom is 0.185 e. The lowest BCUT2D eigenvalue weighted by atomic mass is 10.1. The number of hydrogen-bond acceptors (Lipinski definition) is 4. The van der Waals surface area contributed by atoms with Gasteiger partial charge in [0.1, 0.15) is 11.5 Å². The summed E-state index contributed by atoms with van der Waals surface area (Å²) in [6, 6.07) is 14.3. The molecule has 2 aromatic carbocycles. The molecule has 0 unspecified atom stereocenters. The number of hydrogen-bond donors (Lipinski definition) is 0. The fourth-order valence-electron chi connectivity index (χ4n) is 5.33. The van der Waals surface area contributed by atoms with Crippen LogP contribution in [0.1, 0.15) is 163 Å². The van der Waals surface area contributed by atoms with Gasteiger partial charge in [-0.25, -0.2) is 0 Å². The zero-order chi connectivity index (χ0) is 31.5. The average molecular weight is 605 g/mol. The fourth-order valence-corrected chi connectivity index (χ4v) is 5.33. The highest BCUT2D eigenvalue weighted by Crippen LogP contribution is 2.17. The minimum Gasteiger partial charge on any atom is -0.494 e. The molecule has 0 amide bonds. The van der Waals surface area contributed by atoms with Crippen LogP contribution < -0.4 is 9.47 Å². The van der Waals surface area contributed by atoms with Crippen LogP contribution in [-0.4, -0.2) is 24.8 Å². The van der Waals surface area contributed by atoms with Crippen molar-refractivity contribution in [2.75, 3.05) is 13.2 Å². The van der Waals surface area contributed by atoms with Crippen LogP contribution in [0.3, 0.4) is 0 Å². The zero-order valence-electron chi connectivity index (χ0n) is 28.0. The molecular weight excluding hydrogens is 544 g/mol. The molecule has 0 aliphatic heterocycles. The van der Waals surface area contributed by atoms with Crippen LogP contribution in [0.15, 0.2) is 60.7 Å². The molecule has 244 valence electrons. The summed E-state index contributed by atoms with van der Waals surface area (Å²) in [7, 11) is 0. The average Bonchev–Trinajstić information content (AvgIpc) is 3.05. The molecule has 0 aliphatic rings. The van der Waals surface area contributed by atoms with Crippen LogP contribution in [0, 0.1) is 0 Å². The summed E-state index contributed by atoms with van der Waals surface area (Å²) < 4.78 is 11.7. The van der Waals surface area contributed by atoms with E-state index in [-0.39, 0.29) is 11.6 Å². The summed E-state index contributed by atoms with van der Waals surface area (Å²) in [4.78, 5) is 25.2. The van der Waals surface area contributed by atoms with Gasteiger partial charge in [-0.2, -0.15) is 0 Å². The highest BCUT2D eigenvalue weighted by molar-refractivity contribution is 6.11. The van der Waals surface area contributed by atoms with Gasteiger partial charge < -0.3 is 9.47 Å². The van der Waals surface area contributed by atoms with Crippen LogP contribution in [0.5, 0.6) is 11.5 Å². The molecule has 0 aromatic heterocycles. The van der Waals surface area contributed by atoms with E-state index in [1.165, 1.54) is 128 Å². The van der Waals surface area contributed by atoms with E-state index in [1.54, 1.807) is 24.3 Å². The van der Waals surface area contributed by atoms with Crippen LogP contribution in [-0.2, 0) is 0 Å². The molecule has 44 heavy (non-hydrogen) atoms. The first-order valence-electron chi connectivity index (χ1n) is 17.9. The van der Waals surface area contributed by atoms with Crippen LogP contribution >= 0.6 is 0 Å². The third-order valence-corrected chi connectivity index (χ3v) is 8.20. The molecule has 0 fully saturated rings. The topological polar surface area (TPSA) is 52.6 Å². The molecule has 0 atom stereocenters. The SMILES string of the molecule is CCCCCCCCCCCCOc1ccc(C(=O)C=CC(=O)c2ccc(OCCCCCCCCCCCC)cc2)cc1.